The van der Waals surface area contributed by atoms with Gasteiger partial charge < -0.3 is 0 Å². The van der Waals surface area contributed by atoms with Crippen molar-refractivity contribution in [2.45, 2.75) is 11.8 Å². The predicted octanol–water partition coefficient (Wildman–Crippen LogP) is 4.20. The summed E-state index contributed by atoms with van der Waals surface area (Å²) in [5, 5.41) is 1.24. The molecule has 0 unspecified atom stereocenters. The molecule has 0 N–H and O–H groups in total. The van der Waals surface area contributed by atoms with Gasteiger partial charge in [0.15, 0.2) is 9.84 Å². The molecule has 0 aromatic heterocycles. The van der Waals surface area contributed by atoms with Crippen molar-refractivity contribution in [1.29, 1.82) is 0 Å². The van der Waals surface area contributed by atoms with Gasteiger partial charge in [0.05, 0.1) is 4.90 Å². The van der Waals surface area contributed by atoms with Gasteiger partial charge in [0.1, 0.15) is 0 Å². The third-order valence-electron chi connectivity index (χ3n) is 2.66. The number of sulfone groups is 1. The van der Waals surface area contributed by atoms with E-state index in [2.05, 4.69) is 15.9 Å². The lowest BCUT2D eigenvalue weighted by atomic mass is 10.2. The van der Waals surface area contributed by atoms with E-state index in [4.69, 9.17) is 0 Å². The van der Waals surface area contributed by atoms with Gasteiger partial charge in [-0.2, -0.15) is 0 Å². The zero-order valence-electron chi connectivity index (χ0n) is 10.4. The molecule has 98 valence electrons. The molecule has 0 bridgehead atoms. The van der Waals surface area contributed by atoms with Gasteiger partial charge in [0.25, 0.3) is 0 Å². The number of rotatable bonds is 3. The Bertz CT molecular complexity index is 684. The summed E-state index contributed by atoms with van der Waals surface area (Å²) in [5.41, 5.74) is 1.88. The van der Waals surface area contributed by atoms with Gasteiger partial charge in [-0.1, -0.05) is 45.8 Å². The molecule has 2 aromatic rings. The SMILES string of the molecule is Cc1ccc(S(=O)(=O)/C=C/c2ccc(Br)cc2)cc1. The molecule has 0 amide bonds. The summed E-state index contributed by atoms with van der Waals surface area (Å²) < 4.78 is 25.1. The van der Waals surface area contributed by atoms with E-state index < -0.39 is 9.84 Å². The Kier molecular flexibility index (Phi) is 4.22. The fourth-order valence-corrected chi connectivity index (χ4v) is 2.82. The third-order valence-corrected chi connectivity index (χ3v) is 4.61. The second kappa shape index (κ2) is 5.72. The Morgan fingerprint density at radius 1 is 0.947 bits per heavy atom. The van der Waals surface area contributed by atoms with Crippen LogP contribution >= 0.6 is 15.9 Å². The number of hydrogen-bond acceptors (Lipinski definition) is 2. The van der Waals surface area contributed by atoms with Crippen molar-refractivity contribution >= 4 is 31.8 Å². The largest absolute Gasteiger partial charge is 0.219 e. The van der Waals surface area contributed by atoms with Gasteiger partial charge in [0, 0.05) is 9.88 Å². The van der Waals surface area contributed by atoms with E-state index >= 15 is 0 Å². The van der Waals surface area contributed by atoms with Gasteiger partial charge in [-0.15, -0.1) is 0 Å². The van der Waals surface area contributed by atoms with E-state index in [1.807, 2.05) is 31.2 Å². The van der Waals surface area contributed by atoms with E-state index in [1.54, 1.807) is 30.3 Å². The third kappa shape index (κ3) is 3.78. The first kappa shape index (κ1) is 14.0. The van der Waals surface area contributed by atoms with Gasteiger partial charge in [-0.25, -0.2) is 8.42 Å². The Labute approximate surface area is 121 Å². The molecule has 4 heteroatoms. The number of hydrogen-bond donors (Lipinski definition) is 0. The first-order valence-electron chi connectivity index (χ1n) is 5.73. The van der Waals surface area contributed by atoms with E-state index in [-0.39, 0.29) is 0 Å². The summed E-state index contributed by atoms with van der Waals surface area (Å²) in [4.78, 5) is 0.312. The fourth-order valence-electron chi connectivity index (χ4n) is 1.55. The summed E-state index contributed by atoms with van der Waals surface area (Å²) in [6.07, 6.45) is 1.60. The number of benzene rings is 2. The number of halogens is 1. The summed E-state index contributed by atoms with van der Waals surface area (Å²) >= 11 is 3.34. The molecule has 0 aliphatic carbocycles. The highest BCUT2D eigenvalue weighted by Crippen LogP contribution is 2.16. The molecule has 0 atom stereocenters. The Morgan fingerprint density at radius 3 is 2.11 bits per heavy atom. The van der Waals surface area contributed by atoms with Gasteiger partial charge >= 0.3 is 0 Å². The van der Waals surface area contributed by atoms with E-state index in [0.29, 0.717) is 4.90 Å². The maximum Gasteiger partial charge on any atom is 0.199 e. The molecular weight excluding hydrogens is 324 g/mol. The monoisotopic (exact) mass is 336 g/mol. The van der Waals surface area contributed by atoms with Gasteiger partial charge in [0.2, 0.25) is 0 Å². The smallest absolute Gasteiger partial charge is 0.199 e. The molecule has 0 heterocycles. The van der Waals surface area contributed by atoms with Crippen LogP contribution in [0.25, 0.3) is 6.08 Å². The summed E-state index contributed by atoms with van der Waals surface area (Å²) in [7, 11) is -3.38. The molecule has 0 saturated heterocycles. The Hall–Kier alpha value is -1.39. The quantitative estimate of drug-likeness (QED) is 0.841. The lowest BCUT2D eigenvalue weighted by Gasteiger charge is -2.00. The molecule has 0 spiro atoms. The molecule has 2 rings (SSSR count). The van der Waals surface area contributed by atoms with Crippen LogP contribution < -0.4 is 0 Å². The molecule has 0 aliphatic rings. The topological polar surface area (TPSA) is 34.1 Å². The standard InChI is InChI=1S/C15H13BrO2S/c1-12-2-8-15(9-3-12)19(17,18)11-10-13-4-6-14(16)7-5-13/h2-11H,1H3/b11-10+. The van der Waals surface area contributed by atoms with Crippen LogP contribution in [0.5, 0.6) is 0 Å². The Balaban J connectivity index is 2.26. The van der Waals surface area contributed by atoms with Crippen LogP contribution in [0.1, 0.15) is 11.1 Å². The molecule has 2 nitrogen and oxygen atoms in total. The first-order valence-corrected chi connectivity index (χ1v) is 8.07. The van der Waals surface area contributed by atoms with E-state index in [0.717, 1.165) is 15.6 Å². The lowest BCUT2D eigenvalue weighted by molar-refractivity contribution is 0.605. The normalized spacial score (nSPS) is 11.9. The molecule has 0 aliphatic heterocycles. The summed E-state index contributed by atoms with van der Waals surface area (Å²) in [6, 6.07) is 14.3. The maximum absolute atomic E-state index is 12.1. The lowest BCUT2D eigenvalue weighted by Crippen LogP contribution is -1.95. The summed E-state index contributed by atoms with van der Waals surface area (Å²) in [5.74, 6) is 0. The Morgan fingerprint density at radius 2 is 1.53 bits per heavy atom. The predicted molar refractivity (Wildman–Crippen MR) is 81.5 cm³/mol. The van der Waals surface area contributed by atoms with Crippen molar-refractivity contribution in [3.8, 4) is 0 Å². The first-order chi connectivity index (χ1) is 8.97. The van der Waals surface area contributed by atoms with Crippen molar-refractivity contribution in [2.24, 2.45) is 0 Å². The van der Waals surface area contributed by atoms with Crippen LogP contribution in [0, 0.1) is 6.92 Å². The molecule has 19 heavy (non-hydrogen) atoms. The van der Waals surface area contributed by atoms with Crippen LogP contribution in [0.4, 0.5) is 0 Å². The minimum absolute atomic E-state index is 0.312. The maximum atomic E-state index is 12.1. The average Bonchev–Trinajstić information content (AvgIpc) is 2.39. The zero-order chi connectivity index (χ0) is 13.9. The van der Waals surface area contributed by atoms with Gasteiger partial charge in [-0.05, 0) is 42.8 Å². The highest BCUT2D eigenvalue weighted by Gasteiger charge is 2.09. The van der Waals surface area contributed by atoms with Crippen LogP contribution in [-0.4, -0.2) is 8.42 Å². The van der Waals surface area contributed by atoms with Crippen molar-refractivity contribution in [3.63, 3.8) is 0 Å². The van der Waals surface area contributed by atoms with E-state index in [9.17, 15) is 8.42 Å². The van der Waals surface area contributed by atoms with E-state index in [1.165, 1.54) is 5.41 Å². The van der Waals surface area contributed by atoms with Crippen molar-refractivity contribution in [1.82, 2.24) is 0 Å². The average molecular weight is 337 g/mol. The van der Waals surface area contributed by atoms with Crippen LogP contribution in [-0.2, 0) is 9.84 Å². The van der Waals surface area contributed by atoms with Gasteiger partial charge in [-0.3, -0.25) is 0 Å². The fraction of sp³-hybridized carbons (Fsp3) is 0.0667. The van der Waals surface area contributed by atoms with Crippen molar-refractivity contribution in [3.05, 3.63) is 69.5 Å². The van der Waals surface area contributed by atoms with Crippen molar-refractivity contribution < 1.29 is 8.42 Å². The van der Waals surface area contributed by atoms with Crippen LogP contribution in [0.2, 0.25) is 0 Å². The molecule has 0 radical (unpaired) electrons. The summed E-state index contributed by atoms with van der Waals surface area (Å²) in [6.45, 7) is 1.92. The van der Waals surface area contributed by atoms with Crippen LogP contribution in [0.3, 0.4) is 0 Å². The highest BCUT2D eigenvalue weighted by molar-refractivity contribution is 9.10. The van der Waals surface area contributed by atoms with Crippen molar-refractivity contribution in [2.75, 3.05) is 0 Å². The second-order valence-electron chi connectivity index (χ2n) is 4.21. The molecule has 0 saturated carbocycles. The second-order valence-corrected chi connectivity index (χ2v) is 6.96. The zero-order valence-corrected chi connectivity index (χ0v) is 12.8. The number of aryl methyl sites for hydroxylation is 1. The minimum atomic E-state index is -3.38. The highest BCUT2D eigenvalue weighted by atomic mass is 79.9. The molecular formula is C15H13BrO2S. The van der Waals surface area contributed by atoms with Crippen LogP contribution in [0.15, 0.2) is 63.3 Å². The molecule has 2 aromatic carbocycles. The molecule has 0 fully saturated rings. The minimum Gasteiger partial charge on any atom is -0.219 e.